The van der Waals surface area contributed by atoms with Gasteiger partial charge in [0.15, 0.2) is 10.8 Å². The molecule has 1 aromatic carbocycles. The minimum absolute atomic E-state index is 0.00850. The summed E-state index contributed by atoms with van der Waals surface area (Å²) >= 11 is 12.0. The number of anilines is 1. The van der Waals surface area contributed by atoms with E-state index in [1.807, 2.05) is 36.2 Å². The summed E-state index contributed by atoms with van der Waals surface area (Å²) in [5, 5.41) is 14.9. The number of carbonyl (C=O) groups excluding carboxylic acids is 1. The van der Waals surface area contributed by atoms with Crippen molar-refractivity contribution in [3.8, 4) is 6.07 Å². The molecule has 9 heteroatoms. The number of nitrogens with zero attached hydrogens (tertiary/aromatic N) is 6. The van der Waals surface area contributed by atoms with Gasteiger partial charge in [-0.2, -0.15) is 10.4 Å². The van der Waals surface area contributed by atoms with Crippen LogP contribution in [0.1, 0.15) is 26.2 Å². The molecule has 1 spiro atoms. The first-order valence-electron chi connectivity index (χ1n) is 9.39. The lowest BCUT2D eigenvalue weighted by molar-refractivity contribution is -0.131. The van der Waals surface area contributed by atoms with Crippen LogP contribution < -0.4 is 4.90 Å². The van der Waals surface area contributed by atoms with Gasteiger partial charge in [0, 0.05) is 23.8 Å². The van der Waals surface area contributed by atoms with Gasteiger partial charge >= 0.3 is 0 Å². The molecule has 2 aliphatic rings. The highest BCUT2D eigenvalue weighted by Crippen LogP contribution is 2.48. The number of fused-ring (bicyclic) bond motifs is 1. The summed E-state index contributed by atoms with van der Waals surface area (Å²) in [6.45, 7) is 5.09. The van der Waals surface area contributed by atoms with Gasteiger partial charge in [-0.1, -0.05) is 11.6 Å². The van der Waals surface area contributed by atoms with Crippen molar-refractivity contribution < 1.29 is 4.79 Å². The molecular formula is C21H19ClN6OS. The predicted molar refractivity (Wildman–Crippen MR) is 121 cm³/mol. The lowest BCUT2D eigenvalue weighted by Gasteiger charge is -2.43. The summed E-state index contributed by atoms with van der Waals surface area (Å²) in [6.07, 6.45) is 5.73. The number of halogens is 1. The van der Waals surface area contributed by atoms with Crippen LogP contribution in [-0.2, 0) is 11.8 Å². The van der Waals surface area contributed by atoms with Crippen LogP contribution >= 0.6 is 23.8 Å². The topological polar surface area (TPSA) is 77.5 Å². The van der Waals surface area contributed by atoms with E-state index < -0.39 is 5.54 Å². The van der Waals surface area contributed by atoms with E-state index in [0.29, 0.717) is 10.8 Å². The highest BCUT2D eigenvalue weighted by Gasteiger charge is 2.59. The van der Waals surface area contributed by atoms with E-state index in [9.17, 15) is 4.79 Å². The summed E-state index contributed by atoms with van der Waals surface area (Å²) in [7, 11) is 1.89. The Hall–Kier alpha value is -3.02. The number of benzene rings is 1. The molecule has 4 rings (SSSR count). The Morgan fingerprint density at radius 1 is 1.47 bits per heavy atom. The molecule has 152 valence electrons. The number of aryl methyl sites for hydroxylation is 1. The number of aliphatic imine (C=N–C) groups is 1. The van der Waals surface area contributed by atoms with Crippen LogP contribution in [0.5, 0.6) is 0 Å². The Balaban J connectivity index is 1.78. The number of aromatic nitrogens is 2. The highest BCUT2D eigenvalue weighted by molar-refractivity contribution is 7.80. The second-order valence-electron chi connectivity index (χ2n) is 7.41. The molecule has 0 bridgehead atoms. The monoisotopic (exact) mass is 438 g/mol. The van der Waals surface area contributed by atoms with Crippen LogP contribution in [-0.4, -0.2) is 38.0 Å². The number of carbonyl (C=O) groups is 1. The van der Waals surface area contributed by atoms with Crippen molar-refractivity contribution in [2.24, 2.45) is 12.0 Å². The number of allylic oxidation sites excluding steroid dienone is 4. The Morgan fingerprint density at radius 2 is 2.20 bits per heavy atom. The first kappa shape index (κ1) is 20.3. The van der Waals surface area contributed by atoms with Crippen LogP contribution in [0, 0.1) is 11.3 Å². The second kappa shape index (κ2) is 7.35. The van der Waals surface area contributed by atoms with E-state index in [1.165, 1.54) is 11.0 Å². The van der Waals surface area contributed by atoms with E-state index in [1.54, 1.807) is 17.8 Å². The molecule has 7 nitrogen and oxygen atoms in total. The molecule has 2 fully saturated rings. The fraction of sp³-hybridized carbons (Fsp3) is 0.286. The lowest BCUT2D eigenvalue weighted by atomic mass is 9.75. The van der Waals surface area contributed by atoms with Crippen molar-refractivity contribution in [3.05, 3.63) is 46.9 Å². The minimum Gasteiger partial charge on any atom is -0.303 e. The Kier molecular flexibility index (Phi) is 4.96. The number of thiocarbonyl (C=S) groups is 1. The van der Waals surface area contributed by atoms with Crippen molar-refractivity contribution in [2.75, 3.05) is 4.90 Å². The van der Waals surface area contributed by atoms with Crippen LogP contribution in [0.25, 0.3) is 10.9 Å². The molecule has 0 N–H and O–H groups in total. The summed E-state index contributed by atoms with van der Waals surface area (Å²) < 4.78 is 1.81. The average Bonchev–Trinajstić information content (AvgIpc) is 3.16. The van der Waals surface area contributed by atoms with Gasteiger partial charge in [0.25, 0.3) is 5.91 Å². The number of hydrogen-bond donors (Lipinski definition) is 0. The zero-order chi connectivity index (χ0) is 21.6. The van der Waals surface area contributed by atoms with Gasteiger partial charge in [0.2, 0.25) is 0 Å². The fourth-order valence-electron chi connectivity index (χ4n) is 4.06. The van der Waals surface area contributed by atoms with E-state index in [0.717, 1.165) is 35.9 Å². The molecule has 0 unspecified atom stereocenters. The molecule has 1 aliphatic carbocycles. The summed E-state index contributed by atoms with van der Waals surface area (Å²) in [5.41, 5.74) is 1.69. The third-order valence-electron chi connectivity index (χ3n) is 5.76. The molecule has 30 heavy (non-hydrogen) atoms. The van der Waals surface area contributed by atoms with Gasteiger partial charge in [0.05, 0.1) is 16.7 Å². The quantitative estimate of drug-likeness (QED) is 0.312. The largest absolute Gasteiger partial charge is 0.303 e. The number of amides is 1. The molecule has 0 atom stereocenters. The zero-order valence-corrected chi connectivity index (χ0v) is 18.2. The highest BCUT2D eigenvalue weighted by atomic mass is 35.5. The fourth-order valence-corrected chi connectivity index (χ4v) is 4.83. The van der Waals surface area contributed by atoms with Gasteiger partial charge in [-0.3, -0.25) is 19.4 Å². The van der Waals surface area contributed by atoms with Crippen LogP contribution in [0.2, 0.25) is 0 Å². The Labute approximate surface area is 184 Å². The maximum Gasteiger partial charge on any atom is 0.259 e. The normalized spacial score (nSPS) is 19.2. The number of nitriles is 1. The third kappa shape index (κ3) is 2.85. The molecular weight excluding hydrogens is 420 g/mol. The van der Waals surface area contributed by atoms with E-state index >= 15 is 0 Å². The van der Waals surface area contributed by atoms with Crippen LogP contribution in [0.3, 0.4) is 0 Å². The summed E-state index contributed by atoms with van der Waals surface area (Å²) in [4.78, 5) is 20.5. The standard InChI is InChI=1S/C21H19ClN6OS/c1-13(9-16(22)17(11-23)24-2)27-19(29)21(7-4-8-21)28(20(27)30)15-5-6-18-14(10-15)12-25-26(18)3/h5-6,9-10,12H,2,4,7-8H2,1,3H3/b13-9+,17-16+. The Morgan fingerprint density at radius 3 is 2.80 bits per heavy atom. The summed E-state index contributed by atoms with van der Waals surface area (Å²) in [6, 6.07) is 7.84. The first-order valence-corrected chi connectivity index (χ1v) is 10.2. The summed E-state index contributed by atoms with van der Waals surface area (Å²) in [5.74, 6) is -0.0756. The van der Waals surface area contributed by atoms with Gasteiger partial charge in [-0.05, 0) is 69.4 Å². The molecule has 1 saturated carbocycles. The number of hydrogen-bond acceptors (Lipinski definition) is 5. The molecule has 1 saturated heterocycles. The van der Waals surface area contributed by atoms with Crippen molar-refractivity contribution in [1.82, 2.24) is 14.7 Å². The predicted octanol–water partition coefficient (Wildman–Crippen LogP) is 4.01. The van der Waals surface area contributed by atoms with E-state index in [-0.39, 0.29) is 16.6 Å². The van der Waals surface area contributed by atoms with Crippen molar-refractivity contribution in [3.63, 3.8) is 0 Å². The number of rotatable bonds is 4. The third-order valence-corrected chi connectivity index (χ3v) is 6.41. The van der Waals surface area contributed by atoms with Crippen molar-refractivity contribution >= 4 is 58.1 Å². The Bertz CT molecular complexity index is 1200. The van der Waals surface area contributed by atoms with Gasteiger partial charge in [-0.25, -0.2) is 0 Å². The minimum atomic E-state index is -0.687. The molecule has 1 aromatic heterocycles. The average molecular weight is 439 g/mol. The SMILES string of the molecule is C=N/C(C#N)=C(Cl)\C=C(/C)N1C(=O)C2(CCC2)N(c2ccc3c(cnn3C)c2)C1=S. The smallest absolute Gasteiger partial charge is 0.259 e. The van der Waals surface area contributed by atoms with Crippen LogP contribution in [0.4, 0.5) is 5.69 Å². The molecule has 2 aromatic rings. The molecule has 1 aliphatic heterocycles. The van der Waals surface area contributed by atoms with E-state index in [4.69, 9.17) is 29.1 Å². The zero-order valence-electron chi connectivity index (χ0n) is 16.6. The van der Waals surface area contributed by atoms with Crippen molar-refractivity contribution in [1.29, 1.82) is 5.26 Å². The second-order valence-corrected chi connectivity index (χ2v) is 8.18. The molecule has 2 heterocycles. The van der Waals surface area contributed by atoms with E-state index in [2.05, 4.69) is 16.8 Å². The van der Waals surface area contributed by atoms with Gasteiger partial charge in [0.1, 0.15) is 11.6 Å². The van der Waals surface area contributed by atoms with Crippen molar-refractivity contribution in [2.45, 2.75) is 31.7 Å². The lowest BCUT2D eigenvalue weighted by Crippen LogP contribution is -2.55. The van der Waals surface area contributed by atoms with Gasteiger partial charge in [-0.15, -0.1) is 0 Å². The maximum atomic E-state index is 13.5. The van der Waals surface area contributed by atoms with Gasteiger partial charge < -0.3 is 4.90 Å². The maximum absolute atomic E-state index is 13.5. The first-order chi connectivity index (χ1) is 14.3. The van der Waals surface area contributed by atoms with Crippen LogP contribution in [0.15, 0.2) is 51.9 Å². The molecule has 0 radical (unpaired) electrons. The molecule has 1 amide bonds.